The number of unbranched alkanes of at least 4 members (excludes halogenated alkanes) is 1. The first-order valence-corrected chi connectivity index (χ1v) is 4.75. The highest BCUT2D eigenvalue weighted by atomic mass is 15.1. The maximum Gasteiger partial charge on any atom is 0.000750 e. The molecule has 1 aliphatic heterocycles. The Bertz CT molecular complexity index is 104. The first-order chi connectivity index (χ1) is 5.33. The van der Waals surface area contributed by atoms with Crippen molar-refractivity contribution < 1.29 is 0 Å². The van der Waals surface area contributed by atoms with Gasteiger partial charge in [-0.05, 0) is 44.8 Å². The van der Waals surface area contributed by atoms with Crippen LogP contribution in [0.4, 0.5) is 0 Å². The first kappa shape index (κ1) is 9.01. The number of nitrogens with two attached hydrogens (primary N) is 1. The van der Waals surface area contributed by atoms with E-state index in [1.807, 2.05) is 0 Å². The highest BCUT2D eigenvalue weighted by Gasteiger charge is 2.17. The molecule has 1 heterocycles. The standard InChI is InChI=1S/C9H20N2/c1-9-4-7-11(8-9)6-3-2-5-10/h9H,2-8,10H2,1H3. The molecule has 2 N–H and O–H groups in total. The summed E-state index contributed by atoms with van der Waals surface area (Å²) in [5.74, 6) is 0.924. The van der Waals surface area contributed by atoms with Gasteiger partial charge in [0.1, 0.15) is 0 Å². The Morgan fingerprint density at radius 1 is 1.45 bits per heavy atom. The van der Waals surface area contributed by atoms with Crippen LogP contribution in [0.1, 0.15) is 26.2 Å². The van der Waals surface area contributed by atoms with E-state index in [2.05, 4.69) is 11.8 Å². The van der Waals surface area contributed by atoms with Crippen molar-refractivity contribution in [2.24, 2.45) is 11.7 Å². The third-order valence-corrected chi connectivity index (χ3v) is 2.44. The van der Waals surface area contributed by atoms with Gasteiger partial charge in [0.05, 0.1) is 0 Å². The second kappa shape index (κ2) is 4.73. The van der Waals surface area contributed by atoms with Gasteiger partial charge in [0, 0.05) is 6.54 Å². The lowest BCUT2D eigenvalue weighted by atomic mass is 10.2. The number of hydrogen-bond acceptors (Lipinski definition) is 2. The highest BCUT2D eigenvalue weighted by molar-refractivity contribution is 4.71. The lowest BCUT2D eigenvalue weighted by molar-refractivity contribution is 0.321. The summed E-state index contributed by atoms with van der Waals surface area (Å²) in [5, 5.41) is 0. The van der Waals surface area contributed by atoms with Crippen LogP contribution in [0.3, 0.4) is 0 Å². The van der Waals surface area contributed by atoms with Crippen molar-refractivity contribution in [3.05, 3.63) is 0 Å². The summed E-state index contributed by atoms with van der Waals surface area (Å²) < 4.78 is 0. The zero-order chi connectivity index (χ0) is 8.10. The molecule has 0 amide bonds. The molecule has 1 aliphatic rings. The van der Waals surface area contributed by atoms with E-state index < -0.39 is 0 Å². The molecule has 1 unspecified atom stereocenters. The molecular weight excluding hydrogens is 136 g/mol. The van der Waals surface area contributed by atoms with E-state index in [0.29, 0.717) is 0 Å². The van der Waals surface area contributed by atoms with Crippen molar-refractivity contribution >= 4 is 0 Å². The molecule has 11 heavy (non-hydrogen) atoms. The molecule has 1 saturated heterocycles. The van der Waals surface area contributed by atoms with Gasteiger partial charge in [-0.15, -0.1) is 0 Å². The molecule has 0 aromatic rings. The lowest BCUT2D eigenvalue weighted by Crippen LogP contribution is -2.22. The Balaban J connectivity index is 1.99. The van der Waals surface area contributed by atoms with Crippen LogP contribution in [-0.2, 0) is 0 Å². The zero-order valence-electron chi connectivity index (χ0n) is 7.55. The maximum atomic E-state index is 5.42. The van der Waals surface area contributed by atoms with Crippen molar-refractivity contribution in [2.75, 3.05) is 26.2 Å². The van der Waals surface area contributed by atoms with Gasteiger partial charge in [0.25, 0.3) is 0 Å². The molecule has 0 aromatic carbocycles. The van der Waals surface area contributed by atoms with Gasteiger partial charge in [0.15, 0.2) is 0 Å². The van der Waals surface area contributed by atoms with Crippen molar-refractivity contribution in [3.8, 4) is 0 Å². The molecule has 1 atom stereocenters. The average molecular weight is 156 g/mol. The molecule has 0 spiro atoms. The quantitative estimate of drug-likeness (QED) is 0.617. The van der Waals surface area contributed by atoms with E-state index in [4.69, 9.17) is 5.73 Å². The predicted octanol–water partition coefficient (Wildman–Crippen LogP) is 1.07. The van der Waals surface area contributed by atoms with Gasteiger partial charge in [-0.3, -0.25) is 0 Å². The maximum absolute atomic E-state index is 5.42. The average Bonchev–Trinajstić information content (AvgIpc) is 2.37. The SMILES string of the molecule is CC1CCN(CCCCN)C1. The van der Waals surface area contributed by atoms with Crippen LogP contribution in [-0.4, -0.2) is 31.1 Å². The Morgan fingerprint density at radius 3 is 2.82 bits per heavy atom. The molecular formula is C9H20N2. The first-order valence-electron chi connectivity index (χ1n) is 4.75. The topological polar surface area (TPSA) is 29.3 Å². The Labute approximate surface area is 69.8 Å². The third kappa shape index (κ3) is 3.21. The fraction of sp³-hybridized carbons (Fsp3) is 1.00. The van der Waals surface area contributed by atoms with E-state index in [1.165, 1.54) is 38.9 Å². The van der Waals surface area contributed by atoms with E-state index >= 15 is 0 Å². The van der Waals surface area contributed by atoms with Crippen LogP contribution in [0.25, 0.3) is 0 Å². The van der Waals surface area contributed by atoms with E-state index in [1.54, 1.807) is 0 Å². The smallest absolute Gasteiger partial charge is 0.000750 e. The molecule has 1 rings (SSSR count). The van der Waals surface area contributed by atoms with Crippen LogP contribution in [0.2, 0.25) is 0 Å². The second-order valence-corrected chi connectivity index (χ2v) is 3.69. The molecule has 0 aliphatic carbocycles. The van der Waals surface area contributed by atoms with Gasteiger partial charge < -0.3 is 10.6 Å². The lowest BCUT2D eigenvalue weighted by Gasteiger charge is -2.13. The minimum absolute atomic E-state index is 0.851. The minimum atomic E-state index is 0.851. The number of nitrogens with zero attached hydrogens (tertiary/aromatic N) is 1. The molecule has 0 bridgehead atoms. The summed E-state index contributed by atoms with van der Waals surface area (Å²) in [6, 6.07) is 0. The Kier molecular flexibility index (Phi) is 3.87. The third-order valence-electron chi connectivity index (χ3n) is 2.44. The largest absolute Gasteiger partial charge is 0.330 e. The molecule has 2 nitrogen and oxygen atoms in total. The van der Waals surface area contributed by atoms with Crippen LogP contribution in [0.5, 0.6) is 0 Å². The predicted molar refractivity (Wildman–Crippen MR) is 48.5 cm³/mol. The van der Waals surface area contributed by atoms with Gasteiger partial charge in [-0.2, -0.15) is 0 Å². The summed E-state index contributed by atoms with van der Waals surface area (Å²) in [6.45, 7) is 7.07. The molecule has 0 aromatic heterocycles. The highest BCUT2D eigenvalue weighted by Crippen LogP contribution is 2.14. The molecule has 2 heteroatoms. The molecule has 0 radical (unpaired) electrons. The van der Waals surface area contributed by atoms with Gasteiger partial charge in [-0.1, -0.05) is 6.92 Å². The van der Waals surface area contributed by atoms with Crippen molar-refractivity contribution in [1.29, 1.82) is 0 Å². The second-order valence-electron chi connectivity index (χ2n) is 3.69. The number of hydrogen-bond donors (Lipinski definition) is 1. The van der Waals surface area contributed by atoms with E-state index in [0.717, 1.165) is 12.5 Å². The molecule has 66 valence electrons. The van der Waals surface area contributed by atoms with Gasteiger partial charge in [-0.25, -0.2) is 0 Å². The summed E-state index contributed by atoms with van der Waals surface area (Å²) in [4.78, 5) is 2.56. The van der Waals surface area contributed by atoms with Gasteiger partial charge >= 0.3 is 0 Å². The summed E-state index contributed by atoms with van der Waals surface area (Å²) in [7, 11) is 0. The van der Waals surface area contributed by atoms with Gasteiger partial charge in [0.2, 0.25) is 0 Å². The summed E-state index contributed by atoms with van der Waals surface area (Å²) in [6.07, 6.45) is 3.86. The Morgan fingerprint density at radius 2 is 2.27 bits per heavy atom. The molecule has 1 fully saturated rings. The van der Waals surface area contributed by atoms with Crippen molar-refractivity contribution in [3.63, 3.8) is 0 Å². The van der Waals surface area contributed by atoms with Crippen molar-refractivity contribution in [1.82, 2.24) is 4.90 Å². The fourth-order valence-corrected chi connectivity index (χ4v) is 1.71. The fourth-order valence-electron chi connectivity index (χ4n) is 1.71. The number of likely N-dealkylation sites (tertiary alicyclic amines) is 1. The zero-order valence-corrected chi connectivity index (χ0v) is 7.55. The van der Waals surface area contributed by atoms with Crippen LogP contribution >= 0.6 is 0 Å². The molecule has 0 saturated carbocycles. The minimum Gasteiger partial charge on any atom is -0.330 e. The van der Waals surface area contributed by atoms with Crippen LogP contribution in [0.15, 0.2) is 0 Å². The monoisotopic (exact) mass is 156 g/mol. The van der Waals surface area contributed by atoms with Crippen LogP contribution in [0, 0.1) is 5.92 Å². The number of rotatable bonds is 4. The Hall–Kier alpha value is -0.0800. The normalized spacial score (nSPS) is 26.2. The summed E-state index contributed by atoms with van der Waals surface area (Å²) >= 11 is 0. The van der Waals surface area contributed by atoms with E-state index in [-0.39, 0.29) is 0 Å². The summed E-state index contributed by atoms with van der Waals surface area (Å²) in [5.41, 5.74) is 5.42. The van der Waals surface area contributed by atoms with E-state index in [9.17, 15) is 0 Å². The van der Waals surface area contributed by atoms with Crippen LogP contribution < -0.4 is 5.73 Å². The van der Waals surface area contributed by atoms with Crippen molar-refractivity contribution in [2.45, 2.75) is 26.2 Å².